The summed E-state index contributed by atoms with van der Waals surface area (Å²) in [6.07, 6.45) is 0.114. The van der Waals surface area contributed by atoms with Crippen molar-refractivity contribution in [2.24, 2.45) is 0 Å². The summed E-state index contributed by atoms with van der Waals surface area (Å²) in [5.41, 5.74) is 5.62. The Morgan fingerprint density at radius 1 is 0.897 bits per heavy atom. The van der Waals surface area contributed by atoms with E-state index in [4.69, 9.17) is 4.74 Å². The Bertz CT molecular complexity index is 958. The highest BCUT2D eigenvalue weighted by atomic mass is 16.5. The number of alkyl carbamates (subject to hydrolysis) is 1. The van der Waals surface area contributed by atoms with Crippen LogP contribution in [0.15, 0.2) is 78.9 Å². The van der Waals surface area contributed by atoms with Gasteiger partial charge in [-0.2, -0.15) is 0 Å². The van der Waals surface area contributed by atoms with Crippen molar-refractivity contribution < 1.29 is 14.3 Å². The van der Waals surface area contributed by atoms with Crippen LogP contribution in [0.3, 0.4) is 0 Å². The maximum absolute atomic E-state index is 12.5. The molecule has 0 radical (unpaired) electrons. The van der Waals surface area contributed by atoms with Gasteiger partial charge in [0.2, 0.25) is 6.41 Å². The maximum Gasteiger partial charge on any atom is 0.407 e. The largest absolute Gasteiger partial charge is 0.449 e. The van der Waals surface area contributed by atoms with Crippen LogP contribution >= 0.6 is 0 Å². The number of ether oxygens (including phenoxy) is 1. The molecule has 0 aliphatic heterocycles. The second kappa shape index (κ2) is 8.61. The molecule has 2 amide bonds. The molecule has 0 aromatic heterocycles. The summed E-state index contributed by atoms with van der Waals surface area (Å²) in [5, 5.41) is 5.48. The summed E-state index contributed by atoms with van der Waals surface area (Å²) < 4.78 is 5.61. The number of nitrogens with one attached hydrogen (secondary N) is 2. The molecule has 0 saturated heterocycles. The number of hydrogen-bond acceptors (Lipinski definition) is 3. The normalized spacial score (nSPS) is 13.1. The van der Waals surface area contributed by atoms with Gasteiger partial charge in [0.1, 0.15) is 6.61 Å². The fourth-order valence-electron chi connectivity index (χ4n) is 3.89. The molecule has 0 spiro atoms. The van der Waals surface area contributed by atoms with E-state index < -0.39 is 6.09 Å². The van der Waals surface area contributed by atoms with Crippen molar-refractivity contribution in [2.75, 3.05) is 13.2 Å². The van der Waals surface area contributed by atoms with Gasteiger partial charge in [-0.3, -0.25) is 4.79 Å². The lowest BCUT2D eigenvalue weighted by Gasteiger charge is -2.20. The summed E-state index contributed by atoms with van der Waals surface area (Å²) in [6, 6.07) is 25.6. The van der Waals surface area contributed by atoms with Gasteiger partial charge in [-0.1, -0.05) is 78.9 Å². The van der Waals surface area contributed by atoms with E-state index in [0.29, 0.717) is 6.41 Å². The molecule has 1 aliphatic carbocycles. The minimum absolute atomic E-state index is 0.0106. The van der Waals surface area contributed by atoms with E-state index in [1.165, 1.54) is 22.3 Å². The minimum atomic E-state index is -0.506. The molecule has 2 N–H and O–H groups in total. The average molecular weight is 386 g/mol. The van der Waals surface area contributed by atoms with E-state index in [-0.39, 0.29) is 25.1 Å². The Morgan fingerprint density at radius 2 is 1.48 bits per heavy atom. The molecule has 0 saturated carbocycles. The third kappa shape index (κ3) is 3.99. The number of carbonyl (C=O) groups is 2. The second-order valence-corrected chi connectivity index (χ2v) is 6.96. The first kappa shape index (κ1) is 18.7. The van der Waals surface area contributed by atoms with Crippen LogP contribution in [0, 0.1) is 0 Å². The summed E-state index contributed by atoms with van der Waals surface area (Å²) in [6.45, 7) is 0.542. The van der Waals surface area contributed by atoms with Crippen LogP contribution in [-0.2, 0) is 9.53 Å². The van der Waals surface area contributed by atoms with Crippen LogP contribution in [0.4, 0.5) is 4.79 Å². The van der Waals surface area contributed by atoms with Gasteiger partial charge in [-0.15, -0.1) is 0 Å². The van der Waals surface area contributed by atoms with Gasteiger partial charge in [0.25, 0.3) is 0 Å². The molecule has 1 atom stereocenters. The Hall–Kier alpha value is -3.60. The molecule has 4 rings (SSSR count). The van der Waals surface area contributed by atoms with Crippen LogP contribution in [0.2, 0.25) is 0 Å². The number of fused-ring (bicyclic) bond motifs is 3. The van der Waals surface area contributed by atoms with Crippen LogP contribution in [0.25, 0.3) is 11.1 Å². The summed E-state index contributed by atoms with van der Waals surface area (Å²) >= 11 is 0. The SMILES string of the molecule is O=CNC[C@H](NC(=O)OCC1c2ccccc2-c2ccccc21)c1ccccc1. The highest BCUT2D eigenvalue weighted by molar-refractivity contribution is 5.79. The van der Waals surface area contributed by atoms with Gasteiger partial charge < -0.3 is 15.4 Å². The predicted octanol–water partition coefficient (Wildman–Crippen LogP) is 4.01. The molecule has 3 aromatic carbocycles. The van der Waals surface area contributed by atoms with Crippen LogP contribution < -0.4 is 10.6 Å². The number of benzene rings is 3. The standard InChI is InChI=1S/C24H22N2O3/c27-16-25-14-23(17-8-2-1-3-9-17)26-24(28)29-15-22-20-12-6-4-10-18(20)19-11-5-7-13-21(19)22/h1-13,16,22-23H,14-15H2,(H,25,27)(H,26,28)/t23-/m0/s1. The molecule has 5 heteroatoms. The molecule has 5 nitrogen and oxygen atoms in total. The highest BCUT2D eigenvalue weighted by Crippen LogP contribution is 2.44. The Balaban J connectivity index is 1.46. The summed E-state index contributed by atoms with van der Waals surface area (Å²) in [4.78, 5) is 23.2. The quantitative estimate of drug-likeness (QED) is 0.603. The van der Waals surface area contributed by atoms with E-state index >= 15 is 0 Å². The Morgan fingerprint density at radius 3 is 2.10 bits per heavy atom. The Labute approximate surface area is 169 Å². The summed E-state index contributed by atoms with van der Waals surface area (Å²) in [5.74, 6) is 0.0106. The third-order valence-corrected chi connectivity index (χ3v) is 5.24. The van der Waals surface area contributed by atoms with Gasteiger partial charge in [0, 0.05) is 12.5 Å². The third-order valence-electron chi connectivity index (χ3n) is 5.24. The lowest BCUT2D eigenvalue weighted by Crippen LogP contribution is -2.36. The van der Waals surface area contributed by atoms with E-state index in [9.17, 15) is 9.59 Å². The topological polar surface area (TPSA) is 67.4 Å². The van der Waals surface area contributed by atoms with Crippen molar-refractivity contribution in [3.63, 3.8) is 0 Å². The number of amides is 2. The van der Waals surface area contributed by atoms with Crippen molar-refractivity contribution in [1.82, 2.24) is 10.6 Å². The number of carbonyl (C=O) groups excluding carboxylic acids is 2. The molecule has 0 unspecified atom stereocenters. The van der Waals surface area contributed by atoms with E-state index in [1.807, 2.05) is 54.6 Å². The lowest BCUT2D eigenvalue weighted by atomic mass is 9.98. The Kier molecular flexibility index (Phi) is 5.56. The van der Waals surface area contributed by atoms with Gasteiger partial charge in [-0.25, -0.2) is 4.79 Å². The zero-order valence-electron chi connectivity index (χ0n) is 15.9. The average Bonchev–Trinajstić information content (AvgIpc) is 3.09. The van der Waals surface area contributed by atoms with Gasteiger partial charge in [0.15, 0.2) is 0 Å². The van der Waals surface area contributed by atoms with Gasteiger partial charge in [-0.05, 0) is 27.8 Å². The maximum atomic E-state index is 12.5. The first-order chi connectivity index (χ1) is 14.3. The molecule has 0 bridgehead atoms. The predicted molar refractivity (Wildman–Crippen MR) is 111 cm³/mol. The highest BCUT2D eigenvalue weighted by Gasteiger charge is 2.29. The zero-order chi connectivity index (χ0) is 20.1. The van der Waals surface area contributed by atoms with Crippen molar-refractivity contribution in [1.29, 1.82) is 0 Å². The van der Waals surface area contributed by atoms with Crippen LogP contribution in [0.5, 0.6) is 0 Å². The molecular formula is C24H22N2O3. The van der Waals surface area contributed by atoms with Crippen molar-refractivity contribution in [3.8, 4) is 11.1 Å². The van der Waals surface area contributed by atoms with Crippen molar-refractivity contribution in [2.45, 2.75) is 12.0 Å². The smallest absolute Gasteiger partial charge is 0.407 e. The lowest BCUT2D eigenvalue weighted by molar-refractivity contribution is -0.109. The number of rotatable bonds is 7. The van der Waals surface area contributed by atoms with Crippen LogP contribution in [0.1, 0.15) is 28.7 Å². The molecule has 146 valence electrons. The first-order valence-electron chi connectivity index (χ1n) is 9.61. The molecule has 0 heterocycles. The van der Waals surface area contributed by atoms with E-state index in [0.717, 1.165) is 5.56 Å². The fourth-order valence-corrected chi connectivity index (χ4v) is 3.89. The van der Waals surface area contributed by atoms with E-state index in [2.05, 4.69) is 34.9 Å². The molecule has 0 fully saturated rings. The van der Waals surface area contributed by atoms with Gasteiger partial charge >= 0.3 is 6.09 Å². The zero-order valence-corrected chi connectivity index (χ0v) is 15.9. The molecule has 3 aromatic rings. The van der Waals surface area contributed by atoms with Crippen LogP contribution in [-0.4, -0.2) is 25.7 Å². The van der Waals surface area contributed by atoms with E-state index in [1.54, 1.807) is 0 Å². The molecular weight excluding hydrogens is 364 g/mol. The first-order valence-corrected chi connectivity index (χ1v) is 9.61. The minimum Gasteiger partial charge on any atom is -0.449 e. The summed E-state index contributed by atoms with van der Waals surface area (Å²) in [7, 11) is 0. The monoisotopic (exact) mass is 386 g/mol. The van der Waals surface area contributed by atoms with Gasteiger partial charge in [0.05, 0.1) is 6.04 Å². The molecule has 1 aliphatic rings. The van der Waals surface area contributed by atoms with Crippen molar-refractivity contribution in [3.05, 3.63) is 95.6 Å². The van der Waals surface area contributed by atoms with Crippen molar-refractivity contribution >= 4 is 12.5 Å². The fraction of sp³-hybridized carbons (Fsp3) is 0.167. The second-order valence-electron chi connectivity index (χ2n) is 6.96. The molecule has 29 heavy (non-hydrogen) atoms. The number of hydrogen-bond donors (Lipinski definition) is 2.